The summed E-state index contributed by atoms with van der Waals surface area (Å²) in [4.78, 5) is 11.3. The van der Waals surface area contributed by atoms with Crippen LogP contribution in [0.2, 0.25) is 0 Å². The lowest BCUT2D eigenvalue weighted by atomic mass is 10.0. The van der Waals surface area contributed by atoms with Gasteiger partial charge in [-0.25, -0.2) is 17.9 Å². The van der Waals surface area contributed by atoms with E-state index in [4.69, 9.17) is 9.90 Å². The Morgan fingerprint density at radius 1 is 1.19 bits per heavy atom. The Bertz CT molecular complexity index is 710. The molecule has 10 heteroatoms. The molecule has 3 rings (SSSR count). The maximum absolute atomic E-state index is 11.9. The summed E-state index contributed by atoms with van der Waals surface area (Å²) in [5.74, 6) is -2.46. The third kappa shape index (κ3) is 5.68. The molecule has 2 saturated heterocycles. The van der Waals surface area contributed by atoms with Crippen LogP contribution in [-0.2, 0) is 21.4 Å². The van der Waals surface area contributed by atoms with Crippen LogP contribution in [0.3, 0.4) is 0 Å². The van der Waals surface area contributed by atoms with Crippen molar-refractivity contribution in [1.82, 2.24) is 9.62 Å². The minimum absolute atomic E-state index is 0.173. The van der Waals surface area contributed by atoms with Crippen LogP contribution in [0.25, 0.3) is 0 Å². The zero-order chi connectivity index (χ0) is 19.4. The summed E-state index contributed by atoms with van der Waals surface area (Å²) in [5.41, 5.74) is 1.30. The van der Waals surface area contributed by atoms with Gasteiger partial charge in [-0.05, 0) is 37.4 Å². The standard InChI is InChI=1S/C14H20N2O2S.C2HF3O2/c17-19(18)14-7-9-16(8-6-13(14)10-15-19)11-12-4-2-1-3-5-12;3-2(4,5)1(6)7/h1-5,13-15H,6-11H2;(H,6,7)/t13-,14-;/m1./s1. The SMILES string of the molecule is O=C(O)C(F)(F)F.O=S1(=O)NC[C@H]2CCN(Cc3ccccc3)CC[C@H]21. The van der Waals surface area contributed by atoms with E-state index in [1.165, 1.54) is 5.56 Å². The minimum Gasteiger partial charge on any atom is -0.475 e. The zero-order valence-corrected chi connectivity index (χ0v) is 14.8. The molecule has 2 atom stereocenters. The summed E-state index contributed by atoms with van der Waals surface area (Å²) in [6.45, 7) is 3.42. The van der Waals surface area contributed by atoms with Gasteiger partial charge in [0, 0.05) is 13.1 Å². The average Bonchev–Trinajstić information content (AvgIpc) is 2.72. The number of alkyl halides is 3. The highest BCUT2D eigenvalue weighted by molar-refractivity contribution is 7.90. The molecule has 2 fully saturated rings. The fraction of sp³-hybridized carbons (Fsp3) is 0.562. The molecule has 1 aromatic rings. The zero-order valence-electron chi connectivity index (χ0n) is 13.9. The smallest absolute Gasteiger partial charge is 0.475 e. The molecule has 2 N–H and O–H groups in total. The molecular weight excluding hydrogens is 373 g/mol. The molecule has 0 spiro atoms. The van der Waals surface area contributed by atoms with Gasteiger partial charge in [0.05, 0.1) is 5.25 Å². The highest BCUT2D eigenvalue weighted by Crippen LogP contribution is 2.28. The van der Waals surface area contributed by atoms with E-state index in [-0.39, 0.29) is 5.25 Å². The van der Waals surface area contributed by atoms with Crippen LogP contribution in [0.5, 0.6) is 0 Å². The van der Waals surface area contributed by atoms with Crippen molar-refractivity contribution in [3.8, 4) is 0 Å². The number of likely N-dealkylation sites (tertiary alicyclic amines) is 1. The number of aliphatic carboxylic acids is 1. The topological polar surface area (TPSA) is 86.7 Å². The number of carboxylic acid groups (broad SMARTS) is 1. The summed E-state index contributed by atoms with van der Waals surface area (Å²) in [6.07, 6.45) is -3.35. The van der Waals surface area contributed by atoms with Crippen LogP contribution in [0.4, 0.5) is 13.2 Å². The third-order valence-corrected chi connectivity index (χ3v) is 6.50. The van der Waals surface area contributed by atoms with E-state index < -0.39 is 22.2 Å². The number of halogens is 3. The minimum atomic E-state index is -5.08. The average molecular weight is 394 g/mol. The van der Waals surface area contributed by atoms with Gasteiger partial charge >= 0.3 is 12.1 Å². The molecule has 0 unspecified atom stereocenters. The number of sulfonamides is 1. The van der Waals surface area contributed by atoms with Gasteiger partial charge in [0.2, 0.25) is 10.0 Å². The summed E-state index contributed by atoms with van der Waals surface area (Å²) in [6, 6.07) is 10.4. The fourth-order valence-corrected chi connectivity index (χ4v) is 4.98. The van der Waals surface area contributed by atoms with Crippen LogP contribution >= 0.6 is 0 Å². The molecule has 0 bridgehead atoms. The van der Waals surface area contributed by atoms with Crippen molar-refractivity contribution in [2.75, 3.05) is 19.6 Å². The largest absolute Gasteiger partial charge is 0.490 e. The van der Waals surface area contributed by atoms with Gasteiger partial charge in [0.15, 0.2) is 0 Å². The van der Waals surface area contributed by atoms with Crippen molar-refractivity contribution >= 4 is 16.0 Å². The van der Waals surface area contributed by atoms with E-state index >= 15 is 0 Å². The van der Waals surface area contributed by atoms with E-state index in [1.54, 1.807) is 0 Å². The molecule has 6 nitrogen and oxygen atoms in total. The number of hydrogen-bond donors (Lipinski definition) is 2. The molecule has 2 heterocycles. The Morgan fingerprint density at radius 3 is 2.35 bits per heavy atom. The maximum atomic E-state index is 11.9. The first-order valence-corrected chi connectivity index (χ1v) is 9.69. The lowest BCUT2D eigenvalue weighted by molar-refractivity contribution is -0.192. The second-order valence-corrected chi connectivity index (χ2v) is 8.32. The molecule has 0 saturated carbocycles. The van der Waals surface area contributed by atoms with E-state index in [0.717, 1.165) is 32.5 Å². The number of hydrogen-bond acceptors (Lipinski definition) is 4. The van der Waals surface area contributed by atoms with Gasteiger partial charge < -0.3 is 5.11 Å². The molecule has 0 aromatic heterocycles. The fourth-order valence-electron chi connectivity index (χ4n) is 3.16. The quantitative estimate of drug-likeness (QED) is 0.799. The first-order valence-electron chi connectivity index (χ1n) is 8.14. The molecule has 0 aliphatic carbocycles. The molecular formula is C16H21F3N2O4S. The lowest BCUT2D eigenvalue weighted by Gasteiger charge is -2.20. The van der Waals surface area contributed by atoms with Gasteiger partial charge in [-0.3, -0.25) is 4.90 Å². The molecule has 0 amide bonds. The van der Waals surface area contributed by atoms with Crippen LogP contribution in [0.15, 0.2) is 30.3 Å². The lowest BCUT2D eigenvalue weighted by Crippen LogP contribution is -2.28. The van der Waals surface area contributed by atoms with Gasteiger partial charge in [-0.1, -0.05) is 30.3 Å². The van der Waals surface area contributed by atoms with E-state index in [0.29, 0.717) is 12.5 Å². The van der Waals surface area contributed by atoms with Gasteiger partial charge in [0.1, 0.15) is 0 Å². The normalized spacial score (nSPS) is 25.5. The van der Waals surface area contributed by atoms with Crippen LogP contribution < -0.4 is 4.72 Å². The number of rotatable bonds is 2. The molecule has 0 radical (unpaired) electrons. The van der Waals surface area contributed by atoms with Crippen LogP contribution in [-0.4, -0.2) is 55.5 Å². The van der Waals surface area contributed by atoms with Crippen molar-refractivity contribution in [3.63, 3.8) is 0 Å². The number of nitrogens with one attached hydrogen (secondary N) is 1. The highest BCUT2D eigenvalue weighted by Gasteiger charge is 2.41. The molecule has 146 valence electrons. The van der Waals surface area contributed by atoms with Crippen LogP contribution in [0, 0.1) is 5.92 Å². The molecule has 26 heavy (non-hydrogen) atoms. The number of carboxylic acids is 1. The Morgan fingerprint density at radius 2 is 1.77 bits per heavy atom. The van der Waals surface area contributed by atoms with Gasteiger partial charge in [0.25, 0.3) is 0 Å². The number of fused-ring (bicyclic) bond motifs is 1. The number of carbonyl (C=O) groups is 1. The maximum Gasteiger partial charge on any atom is 0.490 e. The Hall–Kier alpha value is -1.65. The predicted molar refractivity (Wildman–Crippen MR) is 88.8 cm³/mol. The Balaban J connectivity index is 0.000000298. The third-order valence-electron chi connectivity index (χ3n) is 4.51. The van der Waals surface area contributed by atoms with E-state index in [2.05, 4.69) is 33.9 Å². The van der Waals surface area contributed by atoms with Crippen molar-refractivity contribution in [3.05, 3.63) is 35.9 Å². The van der Waals surface area contributed by atoms with Crippen LogP contribution in [0.1, 0.15) is 18.4 Å². The monoisotopic (exact) mass is 394 g/mol. The first kappa shape index (κ1) is 20.7. The second kappa shape index (κ2) is 8.36. The molecule has 1 aromatic carbocycles. The highest BCUT2D eigenvalue weighted by atomic mass is 32.2. The summed E-state index contributed by atoms with van der Waals surface area (Å²) < 4.78 is 58.2. The Labute approximate surface area is 150 Å². The second-order valence-electron chi connectivity index (χ2n) is 6.33. The first-order chi connectivity index (χ1) is 12.1. The number of benzene rings is 1. The van der Waals surface area contributed by atoms with E-state index in [9.17, 15) is 21.6 Å². The summed E-state index contributed by atoms with van der Waals surface area (Å²) in [7, 11) is -3.04. The predicted octanol–water partition coefficient (Wildman–Crippen LogP) is 1.83. The molecule has 2 aliphatic heterocycles. The van der Waals surface area contributed by atoms with Crippen molar-refractivity contribution in [2.24, 2.45) is 5.92 Å². The molecule has 2 aliphatic rings. The Kier molecular flexibility index (Phi) is 6.64. The van der Waals surface area contributed by atoms with Crippen molar-refractivity contribution in [1.29, 1.82) is 0 Å². The number of nitrogens with zero attached hydrogens (tertiary/aromatic N) is 1. The van der Waals surface area contributed by atoms with Gasteiger partial charge in [-0.2, -0.15) is 13.2 Å². The summed E-state index contributed by atoms with van der Waals surface area (Å²) >= 11 is 0. The van der Waals surface area contributed by atoms with Gasteiger partial charge in [-0.15, -0.1) is 0 Å². The van der Waals surface area contributed by atoms with E-state index in [1.807, 2.05) is 6.07 Å². The van der Waals surface area contributed by atoms with Crippen molar-refractivity contribution in [2.45, 2.75) is 30.8 Å². The summed E-state index contributed by atoms with van der Waals surface area (Å²) in [5, 5.41) is 6.95. The van der Waals surface area contributed by atoms with Crippen molar-refractivity contribution < 1.29 is 31.5 Å².